The van der Waals surface area contributed by atoms with Gasteiger partial charge in [-0.05, 0) is 44.2 Å². The van der Waals surface area contributed by atoms with Crippen LogP contribution in [0.4, 0.5) is 0 Å². The van der Waals surface area contributed by atoms with E-state index in [9.17, 15) is 4.79 Å². The van der Waals surface area contributed by atoms with Crippen molar-refractivity contribution in [3.05, 3.63) is 24.2 Å². The van der Waals surface area contributed by atoms with E-state index in [1.807, 2.05) is 12.1 Å². The van der Waals surface area contributed by atoms with E-state index in [1.54, 1.807) is 6.26 Å². The van der Waals surface area contributed by atoms with Gasteiger partial charge in [0.25, 0.3) is 0 Å². The number of furan rings is 1. The predicted molar refractivity (Wildman–Crippen MR) is 68.2 cm³/mol. The molecule has 100 valence electrons. The largest absolute Gasteiger partial charge is 0.469 e. The van der Waals surface area contributed by atoms with E-state index in [-0.39, 0.29) is 18.1 Å². The summed E-state index contributed by atoms with van der Waals surface area (Å²) < 4.78 is 10.1. The molecule has 1 aromatic heterocycles. The highest BCUT2D eigenvalue weighted by Gasteiger charge is 2.37. The molecule has 2 unspecified atom stereocenters. The highest BCUT2D eigenvalue weighted by Crippen LogP contribution is 2.33. The summed E-state index contributed by atoms with van der Waals surface area (Å²) in [7, 11) is 1.45. The van der Waals surface area contributed by atoms with Crippen LogP contribution in [0.3, 0.4) is 0 Å². The van der Waals surface area contributed by atoms with Crippen LogP contribution in [0.2, 0.25) is 0 Å². The van der Waals surface area contributed by atoms with Crippen LogP contribution in [-0.4, -0.2) is 25.2 Å². The van der Waals surface area contributed by atoms with Gasteiger partial charge in [0.1, 0.15) is 11.8 Å². The second-order valence-electron chi connectivity index (χ2n) is 5.02. The molecule has 1 fully saturated rings. The van der Waals surface area contributed by atoms with Gasteiger partial charge in [0, 0.05) is 12.5 Å². The molecule has 0 saturated heterocycles. The van der Waals surface area contributed by atoms with Crippen molar-refractivity contribution in [3.63, 3.8) is 0 Å². The Bertz CT molecular complexity index is 370. The maximum Gasteiger partial charge on any atom is 0.323 e. The summed E-state index contributed by atoms with van der Waals surface area (Å²) in [5.41, 5.74) is 0. The minimum absolute atomic E-state index is 0.137. The fourth-order valence-corrected chi connectivity index (χ4v) is 2.16. The van der Waals surface area contributed by atoms with Gasteiger partial charge in [-0.2, -0.15) is 0 Å². The minimum atomic E-state index is -0.137. The summed E-state index contributed by atoms with van der Waals surface area (Å²) in [5, 5.41) is 3.38. The fraction of sp³-hybridized carbons (Fsp3) is 0.643. The van der Waals surface area contributed by atoms with Crippen LogP contribution in [0, 0.1) is 5.92 Å². The van der Waals surface area contributed by atoms with Crippen LogP contribution >= 0.6 is 0 Å². The number of methoxy groups -OCH3 is 1. The monoisotopic (exact) mass is 251 g/mol. The Morgan fingerprint density at radius 1 is 1.61 bits per heavy atom. The Balaban J connectivity index is 1.77. The first-order valence-electron chi connectivity index (χ1n) is 6.57. The number of carbonyl (C=O) groups is 1. The third-order valence-corrected chi connectivity index (χ3v) is 3.42. The molecule has 0 aromatic carbocycles. The van der Waals surface area contributed by atoms with E-state index >= 15 is 0 Å². The van der Waals surface area contributed by atoms with E-state index in [0.717, 1.165) is 31.4 Å². The van der Waals surface area contributed by atoms with Crippen LogP contribution in [-0.2, 0) is 16.0 Å². The van der Waals surface area contributed by atoms with E-state index in [2.05, 4.69) is 12.2 Å². The summed E-state index contributed by atoms with van der Waals surface area (Å²) in [6.07, 6.45) is 5.78. The van der Waals surface area contributed by atoms with Crippen molar-refractivity contribution in [3.8, 4) is 0 Å². The molecule has 2 rings (SSSR count). The smallest absolute Gasteiger partial charge is 0.323 e. The van der Waals surface area contributed by atoms with E-state index in [0.29, 0.717) is 5.92 Å². The molecule has 1 aromatic rings. The van der Waals surface area contributed by atoms with Crippen LogP contribution < -0.4 is 5.32 Å². The SMILES string of the molecule is COC(=O)C(NC(C)CCc1ccco1)C1CC1. The predicted octanol–water partition coefficient (Wildman–Crippen LogP) is 2.14. The molecule has 1 aliphatic carbocycles. The number of esters is 1. The average molecular weight is 251 g/mol. The molecule has 1 aliphatic rings. The third-order valence-electron chi connectivity index (χ3n) is 3.42. The van der Waals surface area contributed by atoms with Crippen molar-refractivity contribution >= 4 is 5.97 Å². The first-order valence-corrected chi connectivity index (χ1v) is 6.57. The molecule has 0 spiro atoms. The van der Waals surface area contributed by atoms with Gasteiger partial charge in [-0.3, -0.25) is 4.79 Å². The topological polar surface area (TPSA) is 51.5 Å². The Hall–Kier alpha value is -1.29. The van der Waals surface area contributed by atoms with Gasteiger partial charge in [-0.15, -0.1) is 0 Å². The van der Waals surface area contributed by atoms with Gasteiger partial charge < -0.3 is 14.5 Å². The summed E-state index contributed by atoms with van der Waals surface area (Å²) >= 11 is 0. The number of rotatable bonds is 7. The van der Waals surface area contributed by atoms with Crippen LogP contribution in [0.5, 0.6) is 0 Å². The zero-order valence-corrected chi connectivity index (χ0v) is 11.0. The lowest BCUT2D eigenvalue weighted by Crippen LogP contribution is -2.44. The molecule has 2 atom stereocenters. The van der Waals surface area contributed by atoms with Crippen molar-refractivity contribution in [2.45, 2.75) is 44.7 Å². The van der Waals surface area contributed by atoms with Gasteiger partial charge in [-0.1, -0.05) is 0 Å². The number of hydrogen-bond acceptors (Lipinski definition) is 4. The summed E-state index contributed by atoms with van der Waals surface area (Å²) in [6.45, 7) is 2.10. The van der Waals surface area contributed by atoms with Crippen molar-refractivity contribution < 1.29 is 13.9 Å². The second kappa shape index (κ2) is 6.05. The summed E-state index contributed by atoms with van der Waals surface area (Å²) in [4.78, 5) is 11.7. The van der Waals surface area contributed by atoms with Crippen molar-refractivity contribution in [1.29, 1.82) is 0 Å². The van der Waals surface area contributed by atoms with Gasteiger partial charge in [0.2, 0.25) is 0 Å². The molecule has 1 heterocycles. The van der Waals surface area contributed by atoms with E-state index in [1.165, 1.54) is 7.11 Å². The zero-order chi connectivity index (χ0) is 13.0. The summed E-state index contributed by atoms with van der Waals surface area (Å²) in [5.74, 6) is 1.32. The molecule has 1 N–H and O–H groups in total. The van der Waals surface area contributed by atoms with Gasteiger partial charge in [-0.25, -0.2) is 0 Å². The molecular formula is C14H21NO3. The standard InChI is InChI=1S/C14H21NO3/c1-10(5-8-12-4-3-9-18-12)15-13(11-6-7-11)14(16)17-2/h3-4,9-11,13,15H,5-8H2,1-2H3. The number of carbonyl (C=O) groups excluding carboxylic acids is 1. The Morgan fingerprint density at radius 2 is 2.39 bits per heavy atom. The lowest BCUT2D eigenvalue weighted by atomic mass is 10.1. The first-order chi connectivity index (χ1) is 8.70. The molecule has 0 aliphatic heterocycles. The van der Waals surface area contributed by atoms with Crippen molar-refractivity contribution in [2.75, 3.05) is 7.11 Å². The highest BCUT2D eigenvalue weighted by molar-refractivity contribution is 5.76. The molecule has 0 bridgehead atoms. The average Bonchev–Trinajstić information content (AvgIpc) is 3.08. The van der Waals surface area contributed by atoms with Crippen LogP contribution in [0.1, 0.15) is 31.9 Å². The third kappa shape index (κ3) is 3.60. The molecule has 4 heteroatoms. The second-order valence-corrected chi connectivity index (χ2v) is 5.02. The maximum atomic E-state index is 11.7. The lowest BCUT2D eigenvalue weighted by molar-refractivity contribution is -0.144. The van der Waals surface area contributed by atoms with Gasteiger partial charge >= 0.3 is 5.97 Å². The molecule has 1 saturated carbocycles. The minimum Gasteiger partial charge on any atom is -0.469 e. The van der Waals surface area contributed by atoms with E-state index < -0.39 is 0 Å². The lowest BCUT2D eigenvalue weighted by Gasteiger charge is -2.20. The molecule has 0 radical (unpaired) electrons. The normalized spacial score (nSPS) is 18.3. The quantitative estimate of drug-likeness (QED) is 0.754. The molecule has 18 heavy (non-hydrogen) atoms. The number of nitrogens with one attached hydrogen (secondary N) is 1. The number of hydrogen-bond donors (Lipinski definition) is 1. The first kappa shape index (κ1) is 13.1. The molecule has 0 amide bonds. The Labute approximate surface area is 108 Å². The molecular weight excluding hydrogens is 230 g/mol. The maximum absolute atomic E-state index is 11.7. The van der Waals surface area contributed by atoms with Crippen molar-refractivity contribution in [2.24, 2.45) is 5.92 Å². The summed E-state index contributed by atoms with van der Waals surface area (Å²) in [6, 6.07) is 4.02. The highest BCUT2D eigenvalue weighted by atomic mass is 16.5. The van der Waals surface area contributed by atoms with Gasteiger partial charge in [0.05, 0.1) is 13.4 Å². The zero-order valence-electron chi connectivity index (χ0n) is 11.0. The Kier molecular flexibility index (Phi) is 4.42. The van der Waals surface area contributed by atoms with Gasteiger partial charge in [0.15, 0.2) is 0 Å². The van der Waals surface area contributed by atoms with Crippen LogP contribution in [0.15, 0.2) is 22.8 Å². The number of aryl methyl sites for hydroxylation is 1. The van der Waals surface area contributed by atoms with Crippen LogP contribution in [0.25, 0.3) is 0 Å². The fourth-order valence-electron chi connectivity index (χ4n) is 2.16. The van der Waals surface area contributed by atoms with E-state index in [4.69, 9.17) is 9.15 Å². The van der Waals surface area contributed by atoms with Crippen molar-refractivity contribution in [1.82, 2.24) is 5.32 Å². The molecule has 4 nitrogen and oxygen atoms in total. The Morgan fingerprint density at radius 3 is 2.94 bits per heavy atom. The number of ether oxygens (including phenoxy) is 1.